The van der Waals surface area contributed by atoms with Crippen molar-refractivity contribution in [3.8, 4) is 46.0 Å². The highest BCUT2D eigenvalue weighted by atomic mass is 28.5. The zero-order chi connectivity index (χ0) is 71.3. The van der Waals surface area contributed by atoms with Crippen LogP contribution in [0.2, 0.25) is 50.4 Å². The maximum Gasteiger partial charge on any atom is 0.317 e. The van der Waals surface area contributed by atoms with Crippen molar-refractivity contribution < 1.29 is 73.3 Å². The second-order valence-electron chi connectivity index (χ2n) is 27.1. The molecule has 0 saturated carbocycles. The number of benzene rings is 8. The molecule has 13 rings (SSSR count). The summed E-state index contributed by atoms with van der Waals surface area (Å²) in [5.41, 5.74) is 7.15. The molecule has 0 bridgehead atoms. The van der Waals surface area contributed by atoms with Crippen molar-refractivity contribution in [3.63, 3.8) is 0 Å². The normalized spacial score (nSPS) is 23.3. The highest BCUT2D eigenvalue weighted by Crippen LogP contribution is 2.40. The van der Waals surface area contributed by atoms with Crippen LogP contribution in [-0.2, 0) is 35.4 Å². The Bertz CT molecular complexity index is 3550. The summed E-state index contributed by atoms with van der Waals surface area (Å²) in [6.07, 6.45) is 11.0. The molecule has 0 amide bonds. The quantitative estimate of drug-likeness (QED) is 0.0151. The van der Waals surface area contributed by atoms with E-state index in [0.717, 1.165) is 117 Å². The van der Waals surface area contributed by atoms with Crippen molar-refractivity contribution in [3.05, 3.63) is 216 Å². The van der Waals surface area contributed by atoms with E-state index in [1.165, 1.54) is 0 Å². The van der Waals surface area contributed by atoms with Crippen molar-refractivity contribution in [2.24, 2.45) is 20.0 Å². The maximum absolute atomic E-state index is 7.66. The van der Waals surface area contributed by atoms with Crippen LogP contribution in [0.1, 0.15) is 47.9 Å². The zero-order valence-corrected chi connectivity index (χ0v) is 63.6. The minimum Gasteiger partial charge on any atom is -0.494 e. The van der Waals surface area contributed by atoms with Gasteiger partial charge in [0, 0.05) is 24.9 Å². The van der Waals surface area contributed by atoms with E-state index in [2.05, 4.69) is 46.2 Å². The minimum atomic E-state index is -3.10. The molecule has 0 aliphatic carbocycles. The molecule has 8 aromatic rings. The lowest BCUT2D eigenvalue weighted by atomic mass is 10.2. The average Bonchev–Trinajstić information content (AvgIpc) is 1.69. The molecular weight excluding hydrogens is 1390 g/mol. The largest absolute Gasteiger partial charge is 0.494 e. The van der Waals surface area contributed by atoms with E-state index in [4.69, 9.17) is 73.3 Å². The Morgan fingerprint density at radius 3 is 0.625 bits per heavy atom. The third kappa shape index (κ3) is 24.8. The van der Waals surface area contributed by atoms with Crippen LogP contribution < -0.4 is 37.9 Å². The molecule has 5 aliphatic rings. The second-order valence-corrected chi connectivity index (χ2v) is 41.4. The van der Waals surface area contributed by atoms with E-state index in [9.17, 15) is 0 Å². The fraction of sp³-hybridized carbons (Fsp3) is 0.350. The van der Waals surface area contributed by atoms with Crippen LogP contribution in [-0.4, -0.2) is 163 Å². The van der Waals surface area contributed by atoms with E-state index in [1.807, 2.05) is 219 Å². The first-order chi connectivity index (χ1) is 50.7. The summed E-state index contributed by atoms with van der Waals surface area (Å²) in [5, 5.41) is 0. The summed E-state index contributed by atoms with van der Waals surface area (Å²) in [5.74, 6) is 6.25. The number of nitrogens with zero attached hydrogens (tertiary/aromatic N) is 4. The van der Waals surface area contributed by atoms with Gasteiger partial charge in [0.15, 0.2) is 0 Å². The van der Waals surface area contributed by atoms with Crippen LogP contribution in [0, 0.1) is 0 Å². The van der Waals surface area contributed by atoms with Gasteiger partial charge in [-0.05, 0) is 292 Å². The van der Waals surface area contributed by atoms with E-state index in [-0.39, 0.29) is 24.4 Å². The standard InChI is InChI=1S/C80H92N4O16Si4/c1-101(45-5-41-85-69-25-9-61(10-26-69)49-81-65-17-33-73(34-18-65)89-53-77-57-93-77)97-102(2,46-6-42-86-70-27-11-62(12-28-70)50-82-66-19-35-74(36-20-66)90-54-78-58-94-78)99-104(4,48-8-44-88-72-31-15-64(16-32-72)52-84-68-23-39-76(40-24-68)92-56-80-60-96-80)100-103(3,98-101)47-7-43-87-71-29-13-63(14-30-71)51-83-67-21-37-75(38-22-67)91-55-79-59-95-79/h9-40,49-52,77-80H,5-8,41-48,53-60H2,1-4H3. The van der Waals surface area contributed by atoms with Gasteiger partial charge in [0.05, 0.1) is 75.6 Å². The lowest BCUT2D eigenvalue weighted by molar-refractivity contribution is 0.211. The molecule has 544 valence electrons. The molecule has 5 heterocycles. The van der Waals surface area contributed by atoms with Crippen molar-refractivity contribution in [1.29, 1.82) is 0 Å². The van der Waals surface area contributed by atoms with Crippen molar-refractivity contribution in [2.75, 3.05) is 79.3 Å². The molecule has 24 heteroatoms. The summed E-state index contributed by atoms with van der Waals surface area (Å²) in [6.45, 7) is 15.9. The van der Waals surface area contributed by atoms with Gasteiger partial charge in [-0.2, -0.15) is 0 Å². The van der Waals surface area contributed by atoms with E-state index < -0.39 is 34.2 Å². The van der Waals surface area contributed by atoms with Crippen LogP contribution in [0.5, 0.6) is 46.0 Å². The number of ether oxygens (including phenoxy) is 12. The molecule has 5 saturated heterocycles. The van der Waals surface area contributed by atoms with E-state index in [1.54, 1.807) is 0 Å². The summed E-state index contributed by atoms with van der Waals surface area (Å²) in [7, 11) is -12.4. The summed E-state index contributed by atoms with van der Waals surface area (Å²) < 4.78 is 101. The van der Waals surface area contributed by atoms with Crippen LogP contribution in [0.15, 0.2) is 214 Å². The third-order valence-corrected chi connectivity index (χ3v) is 36.4. The zero-order valence-electron chi connectivity index (χ0n) is 59.6. The fourth-order valence-corrected chi connectivity index (χ4v) is 35.0. The molecule has 4 unspecified atom stereocenters. The van der Waals surface area contributed by atoms with Gasteiger partial charge >= 0.3 is 34.2 Å². The number of hydrogen-bond donors (Lipinski definition) is 0. The summed E-state index contributed by atoms with van der Waals surface area (Å²) >= 11 is 0. The Kier molecular flexibility index (Phi) is 25.5. The lowest BCUT2D eigenvalue weighted by Gasteiger charge is -2.50. The fourth-order valence-electron chi connectivity index (χ4n) is 11.8. The average molecular weight is 1480 g/mol. The van der Waals surface area contributed by atoms with Gasteiger partial charge in [0.1, 0.15) is 96.8 Å². The highest BCUT2D eigenvalue weighted by molar-refractivity contribution is 6.94. The molecule has 0 N–H and O–H groups in total. The molecule has 0 radical (unpaired) electrons. The first kappa shape index (κ1) is 73.7. The van der Waals surface area contributed by atoms with E-state index in [0.29, 0.717) is 103 Å². The first-order valence-corrected chi connectivity index (χ1v) is 46.1. The number of epoxide rings is 4. The van der Waals surface area contributed by atoms with Crippen LogP contribution >= 0.6 is 0 Å². The lowest BCUT2D eigenvalue weighted by Crippen LogP contribution is -2.67. The van der Waals surface area contributed by atoms with Crippen LogP contribution in [0.3, 0.4) is 0 Å². The Hall–Kier alpha value is -8.61. The number of rotatable bonds is 40. The Balaban J connectivity index is 0.661. The molecular formula is C80H92N4O16Si4. The van der Waals surface area contributed by atoms with Crippen LogP contribution in [0.4, 0.5) is 22.7 Å². The monoisotopic (exact) mass is 1480 g/mol. The van der Waals surface area contributed by atoms with Crippen molar-refractivity contribution in [1.82, 2.24) is 0 Å². The number of aliphatic imine (C=N–C) groups is 4. The molecule has 5 fully saturated rings. The van der Waals surface area contributed by atoms with Gasteiger partial charge in [0.2, 0.25) is 0 Å². The molecule has 8 aromatic carbocycles. The number of hydrogen-bond acceptors (Lipinski definition) is 20. The van der Waals surface area contributed by atoms with E-state index >= 15 is 0 Å². The predicted octanol–water partition coefficient (Wildman–Crippen LogP) is 16.3. The highest BCUT2D eigenvalue weighted by Gasteiger charge is 2.56. The smallest absolute Gasteiger partial charge is 0.317 e. The van der Waals surface area contributed by atoms with Gasteiger partial charge in [-0.3, -0.25) is 20.0 Å². The summed E-state index contributed by atoms with van der Waals surface area (Å²) in [6, 6.07) is 65.6. The molecule has 5 aliphatic heterocycles. The molecule has 4 atom stereocenters. The maximum atomic E-state index is 7.66. The predicted molar refractivity (Wildman–Crippen MR) is 412 cm³/mol. The Morgan fingerprint density at radius 1 is 0.269 bits per heavy atom. The summed E-state index contributed by atoms with van der Waals surface area (Å²) in [4.78, 5) is 18.8. The molecule has 0 spiro atoms. The van der Waals surface area contributed by atoms with Crippen molar-refractivity contribution >= 4 is 81.9 Å². The molecule has 0 aromatic heterocycles. The van der Waals surface area contributed by atoms with Gasteiger partial charge in [0.25, 0.3) is 0 Å². The van der Waals surface area contributed by atoms with Gasteiger partial charge < -0.3 is 73.3 Å². The van der Waals surface area contributed by atoms with Gasteiger partial charge in [-0.15, -0.1) is 0 Å². The SMILES string of the molecule is C[Si]1(CCCOc2ccc(C=Nc3ccc(OCC4CO4)cc3)cc2)O[Si](C)(CCCOc2ccc(C=Nc3ccc(OCC4CO4)cc3)cc2)O[Si](C)(CCCOc2ccc(C=Nc3ccc(OCC4CO4)cc3)cc2)O[Si](C)(CCCOc2ccc(C=Nc3ccc(OCC4CO4)cc3)cc2)O1. The third-order valence-electron chi connectivity index (χ3n) is 17.6. The second kappa shape index (κ2) is 35.9. The van der Waals surface area contributed by atoms with Gasteiger partial charge in [-0.1, -0.05) is 0 Å². The van der Waals surface area contributed by atoms with Crippen molar-refractivity contribution in [2.45, 2.75) is 100 Å². The topological polar surface area (TPSA) is 210 Å². The molecule has 20 nitrogen and oxygen atoms in total. The first-order valence-electron chi connectivity index (χ1n) is 36.0. The Labute approximate surface area is 613 Å². The minimum absolute atomic E-state index is 0.201. The Morgan fingerprint density at radius 2 is 0.442 bits per heavy atom. The van der Waals surface area contributed by atoms with Gasteiger partial charge in [-0.25, -0.2) is 0 Å². The van der Waals surface area contributed by atoms with Crippen LogP contribution in [0.25, 0.3) is 0 Å². The molecule has 104 heavy (non-hydrogen) atoms.